The van der Waals surface area contributed by atoms with Crippen LogP contribution in [0.5, 0.6) is 0 Å². The average Bonchev–Trinajstić information content (AvgIpc) is 4.14. The molecule has 8 aliphatic rings. The highest BCUT2D eigenvalue weighted by Crippen LogP contribution is 2.81. The van der Waals surface area contributed by atoms with E-state index in [-0.39, 0.29) is 25.6 Å². The van der Waals surface area contributed by atoms with Crippen LogP contribution < -0.4 is 5.73 Å². The Morgan fingerprint density at radius 3 is 2.20 bits per heavy atom. The fraction of sp³-hybridized carbons (Fsp3) is 0.884. The third-order valence-corrected chi connectivity index (χ3v) is 17.6. The van der Waals surface area contributed by atoms with Gasteiger partial charge in [0.1, 0.15) is 30.5 Å². The fourth-order valence-corrected chi connectivity index (χ4v) is 14.8. The molecule has 64 heavy (non-hydrogen) atoms. The van der Waals surface area contributed by atoms with Gasteiger partial charge in [-0.3, -0.25) is 19.2 Å². The van der Waals surface area contributed by atoms with E-state index in [2.05, 4.69) is 20.1 Å². The first-order valence-electron chi connectivity index (χ1n) is 22.6. The number of ether oxygens (including phenoxy) is 7. The van der Waals surface area contributed by atoms with E-state index in [9.17, 15) is 34.2 Å². The summed E-state index contributed by atoms with van der Waals surface area (Å²) in [5, 5.41) is 33.0. The van der Waals surface area contributed by atoms with Crippen molar-refractivity contribution in [3.8, 4) is 0 Å². The smallest absolute Gasteiger partial charge is 0.353 e. The predicted octanol–water partition coefficient (Wildman–Crippen LogP) is 3.55. The molecule has 8 rings (SSSR count). The molecule has 21 heteroatoms. The standard InChI is InChI=1S/C43H61N7O14/c1-17(12-11-15-48-50-46)37(56)61-32-24-26-30(54)28-25(18(2)35-43(63-35)41(28,7)42(8,38(57)64-43)62-23(53)13-9-10-14-47-49-45)40(26,6)36(59-20(4)52)33(58-19(3)51)27(24)39(5)21(29(32)44)16-22-31(60-22)34(39)55/h17-18,21-22,24-36,54-55H,9-16,44H2,1-8H3/t17-,18+,21-,22+,24?,25+,26-,27?,28+,29+,30-,31+,32-,33+,34+,35-,36+,39+,40-,41+,42-,43+/m1/s1. The highest BCUT2D eigenvalue weighted by atomic mass is 16.8. The van der Waals surface area contributed by atoms with E-state index in [0.717, 1.165) is 0 Å². The number of nitrogens with zero attached hydrogens (tertiary/aromatic N) is 6. The average molecular weight is 900 g/mol. The van der Waals surface area contributed by atoms with Gasteiger partial charge in [0.05, 0.1) is 29.6 Å². The molecular weight excluding hydrogens is 839 g/mol. The molecule has 352 valence electrons. The van der Waals surface area contributed by atoms with Crippen LogP contribution in [0.2, 0.25) is 0 Å². The van der Waals surface area contributed by atoms with Crippen molar-refractivity contribution < 1.29 is 67.3 Å². The summed E-state index contributed by atoms with van der Waals surface area (Å²) in [4.78, 5) is 74.7. The van der Waals surface area contributed by atoms with Crippen LogP contribution in [0, 0.1) is 63.6 Å². The van der Waals surface area contributed by atoms with Gasteiger partial charge in [0.2, 0.25) is 5.60 Å². The molecule has 3 saturated heterocycles. The second kappa shape index (κ2) is 16.0. The molecule has 0 bridgehead atoms. The Kier molecular flexibility index (Phi) is 11.6. The van der Waals surface area contributed by atoms with Crippen molar-refractivity contribution in [2.75, 3.05) is 13.1 Å². The van der Waals surface area contributed by atoms with E-state index in [1.54, 1.807) is 13.8 Å². The normalized spacial score (nSPS) is 48.8. The molecule has 0 amide bonds. The second-order valence-electron chi connectivity index (χ2n) is 20.5. The molecule has 2 unspecified atom stereocenters. The largest absolute Gasteiger partial charge is 0.460 e. The Hall–Kier alpha value is -4.23. The van der Waals surface area contributed by atoms with Crippen molar-refractivity contribution in [1.82, 2.24) is 0 Å². The van der Waals surface area contributed by atoms with Gasteiger partial charge in [-0.25, -0.2) is 4.79 Å². The topological polar surface area (TPSA) is 321 Å². The summed E-state index contributed by atoms with van der Waals surface area (Å²) >= 11 is 0. The highest BCUT2D eigenvalue weighted by molar-refractivity contribution is 5.88. The van der Waals surface area contributed by atoms with E-state index >= 15 is 0 Å². The molecule has 0 radical (unpaired) electrons. The van der Waals surface area contributed by atoms with Gasteiger partial charge in [-0.15, -0.1) is 0 Å². The minimum atomic E-state index is -2.03. The van der Waals surface area contributed by atoms with Gasteiger partial charge >= 0.3 is 29.8 Å². The maximum absolute atomic E-state index is 14.3. The lowest BCUT2D eigenvalue weighted by molar-refractivity contribution is -0.285. The predicted molar refractivity (Wildman–Crippen MR) is 217 cm³/mol. The number of carbonyl (C=O) groups excluding carboxylic acids is 5. The third kappa shape index (κ3) is 6.31. The van der Waals surface area contributed by atoms with Crippen LogP contribution in [0.15, 0.2) is 10.2 Å². The lowest BCUT2D eigenvalue weighted by Gasteiger charge is -2.67. The Morgan fingerprint density at radius 1 is 0.906 bits per heavy atom. The molecule has 0 aromatic rings. The molecule has 21 nitrogen and oxygen atoms in total. The lowest BCUT2D eigenvalue weighted by atomic mass is 9.40. The molecule has 4 N–H and O–H groups in total. The second-order valence-corrected chi connectivity index (χ2v) is 20.5. The fourth-order valence-electron chi connectivity index (χ4n) is 14.8. The molecule has 8 fully saturated rings. The summed E-state index contributed by atoms with van der Waals surface area (Å²) in [7, 11) is 0. The summed E-state index contributed by atoms with van der Waals surface area (Å²) in [6, 6.07) is -0.940. The quantitative estimate of drug-likeness (QED) is 0.0427. The number of aliphatic hydroxyl groups excluding tert-OH is 2. The van der Waals surface area contributed by atoms with E-state index in [1.807, 2.05) is 20.8 Å². The van der Waals surface area contributed by atoms with Gasteiger partial charge in [0.15, 0.2) is 0 Å². The summed E-state index contributed by atoms with van der Waals surface area (Å²) in [6.07, 6.45) is -6.33. The van der Waals surface area contributed by atoms with Gasteiger partial charge in [0.25, 0.3) is 5.79 Å². The zero-order chi connectivity index (χ0) is 46.6. The summed E-state index contributed by atoms with van der Waals surface area (Å²) in [6.45, 7) is 13.2. The first kappa shape index (κ1) is 46.3. The minimum absolute atomic E-state index is 0.116. The summed E-state index contributed by atoms with van der Waals surface area (Å²) in [5.41, 5.74) is 18.6. The van der Waals surface area contributed by atoms with Gasteiger partial charge < -0.3 is 49.1 Å². The zero-order valence-electron chi connectivity index (χ0n) is 37.5. The molecule has 22 atom stereocenters. The van der Waals surface area contributed by atoms with Crippen molar-refractivity contribution in [3.05, 3.63) is 20.9 Å². The van der Waals surface area contributed by atoms with Gasteiger partial charge in [-0.05, 0) is 74.8 Å². The Bertz CT molecular complexity index is 2070. The number of nitrogens with two attached hydrogens (primary N) is 1. The molecular formula is C43H61N7O14. The first-order chi connectivity index (χ1) is 30.1. The van der Waals surface area contributed by atoms with Crippen LogP contribution >= 0.6 is 0 Å². The van der Waals surface area contributed by atoms with Crippen molar-refractivity contribution in [2.24, 2.45) is 79.6 Å². The van der Waals surface area contributed by atoms with Crippen LogP contribution in [-0.4, -0.2) is 119 Å². The van der Waals surface area contributed by atoms with Gasteiger partial charge in [-0.2, -0.15) is 0 Å². The third-order valence-electron chi connectivity index (χ3n) is 17.6. The van der Waals surface area contributed by atoms with Crippen LogP contribution in [0.1, 0.15) is 93.9 Å². The summed E-state index contributed by atoms with van der Waals surface area (Å²) < 4.78 is 44.1. The maximum Gasteiger partial charge on any atom is 0.353 e. The van der Waals surface area contributed by atoms with Crippen molar-refractivity contribution in [1.29, 1.82) is 0 Å². The number of esters is 5. The van der Waals surface area contributed by atoms with E-state index in [1.165, 1.54) is 20.8 Å². The van der Waals surface area contributed by atoms with Crippen LogP contribution in [0.3, 0.4) is 0 Å². The molecule has 5 aliphatic carbocycles. The van der Waals surface area contributed by atoms with Gasteiger partial charge in [-0.1, -0.05) is 37.9 Å². The van der Waals surface area contributed by atoms with Crippen molar-refractivity contribution in [3.63, 3.8) is 0 Å². The molecule has 3 aliphatic heterocycles. The van der Waals surface area contributed by atoms with Crippen LogP contribution in [0.4, 0.5) is 0 Å². The minimum Gasteiger partial charge on any atom is -0.460 e. The van der Waals surface area contributed by atoms with Crippen molar-refractivity contribution >= 4 is 29.8 Å². The number of azide groups is 2. The monoisotopic (exact) mass is 899 g/mol. The number of fused-ring (bicyclic) bond motifs is 9. The SMILES string of the molecule is CC(=O)O[C@H]1C2C([C@@H](OC(=O)[C@H](C)CCCN=[N+]=[N-])[C@@H](N)[C@H]3C[C@@H]4O[C@@H]4[C@H](O)[C@]23C)[C@@H]2[C@@H](O)[C@@H]3[C@H]([C@H](C)[C@H]4O[C@]45OC(=O)[C@@](C)(OC(=O)CCCCN=[N+]=[N-])[C@]35C)[C@@]2(C)[C@H]1OC(C)=O. The number of hydrogen-bond acceptors (Lipinski definition) is 17. The molecule has 1 spiro atoms. The van der Waals surface area contributed by atoms with Gasteiger partial charge in [0, 0.05) is 83.7 Å². The van der Waals surface area contributed by atoms with E-state index < -0.39 is 154 Å². The maximum atomic E-state index is 14.3. The van der Waals surface area contributed by atoms with Crippen LogP contribution in [-0.2, 0) is 57.1 Å². The van der Waals surface area contributed by atoms with E-state index in [4.69, 9.17) is 50.0 Å². The number of epoxide rings is 2. The highest BCUT2D eigenvalue weighted by Gasteiger charge is 2.94. The summed E-state index contributed by atoms with van der Waals surface area (Å²) in [5.74, 6) is -11.7. The molecule has 0 aromatic carbocycles. The Morgan fingerprint density at radius 2 is 1.56 bits per heavy atom. The van der Waals surface area contributed by atoms with Crippen molar-refractivity contribution in [2.45, 2.75) is 160 Å². The van der Waals surface area contributed by atoms with E-state index in [0.29, 0.717) is 32.1 Å². The molecule has 5 saturated carbocycles. The Balaban J connectivity index is 1.29. The molecule has 3 heterocycles. The first-order valence-corrected chi connectivity index (χ1v) is 22.6. The number of rotatable bonds is 14. The van der Waals surface area contributed by atoms with Crippen LogP contribution in [0.25, 0.3) is 20.9 Å². The zero-order valence-corrected chi connectivity index (χ0v) is 37.5. The Labute approximate surface area is 370 Å². The number of aliphatic hydroxyl groups is 2. The number of carbonyl (C=O) groups is 5. The number of hydrogen-bond donors (Lipinski definition) is 3. The number of unbranched alkanes of at least 4 members (excludes halogenated alkanes) is 1. The lowest BCUT2D eigenvalue weighted by Crippen LogP contribution is -2.76. The molecule has 0 aromatic heterocycles.